The van der Waals surface area contributed by atoms with Crippen LogP contribution in [-0.4, -0.2) is 29.5 Å². The highest BCUT2D eigenvalue weighted by molar-refractivity contribution is 5.66. The fourth-order valence-corrected chi connectivity index (χ4v) is 1.52. The maximum absolute atomic E-state index is 11.1. The summed E-state index contributed by atoms with van der Waals surface area (Å²) in [6.07, 6.45) is 4.60. The number of nitrogens with one attached hydrogen (secondary N) is 1. The van der Waals surface area contributed by atoms with E-state index < -0.39 is 6.09 Å². The monoisotopic (exact) mass is 235 g/mol. The molecule has 6 heteroatoms. The van der Waals surface area contributed by atoms with Crippen LogP contribution in [0.1, 0.15) is 11.8 Å². The fourth-order valence-electron chi connectivity index (χ4n) is 1.52. The Balaban J connectivity index is 2.11. The lowest BCUT2D eigenvalue weighted by Gasteiger charge is -2.15. The number of amides is 1. The van der Waals surface area contributed by atoms with Crippen molar-refractivity contribution in [3.8, 4) is 0 Å². The minimum Gasteiger partial charge on any atom is -0.467 e. The van der Waals surface area contributed by atoms with Gasteiger partial charge in [0, 0.05) is 12.4 Å². The third kappa shape index (κ3) is 2.66. The predicted molar refractivity (Wildman–Crippen MR) is 59.5 cm³/mol. The minimum atomic E-state index is -0.478. The normalized spacial score (nSPS) is 12.1. The van der Waals surface area contributed by atoms with Crippen molar-refractivity contribution in [1.29, 1.82) is 0 Å². The molecule has 90 valence electrons. The van der Waals surface area contributed by atoms with Crippen molar-refractivity contribution in [2.24, 2.45) is 0 Å². The van der Waals surface area contributed by atoms with Gasteiger partial charge in [0.15, 0.2) is 0 Å². The Morgan fingerprint density at radius 2 is 2.53 bits per heavy atom. The second-order valence-corrected chi connectivity index (χ2v) is 3.39. The molecule has 0 aromatic carbocycles. The van der Waals surface area contributed by atoms with Gasteiger partial charge in [-0.1, -0.05) is 0 Å². The summed E-state index contributed by atoms with van der Waals surface area (Å²) in [5.41, 5.74) is 0. The summed E-state index contributed by atoms with van der Waals surface area (Å²) in [6.45, 7) is 0.349. The molecular formula is C11H13N3O3. The van der Waals surface area contributed by atoms with Gasteiger partial charge in [0.25, 0.3) is 0 Å². The number of carbonyl (C=O) groups excluding carboxylic acids is 1. The van der Waals surface area contributed by atoms with Crippen LogP contribution in [0, 0.1) is 0 Å². The molecule has 0 bridgehead atoms. The Kier molecular flexibility index (Phi) is 3.44. The highest BCUT2D eigenvalue weighted by atomic mass is 16.5. The lowest BCUT2D eigenvalue weighted by Crippen LogP contribution is -2.31. The van der Waals surface area contributed by atoms with E-state index in [1.54, 1.807) is 23.2 Å². The number of carbonyl (C=O) groups is 1. The van der Waals surface area contributed by atoms with Crippen molar-refractivity contribution < 1.29 is 13.9 Å². The standard InChI is InChI=1S/C11H13N3O3/c1-16-11(15)12-8-9(10-4-2-7-17-10)14-6-3-5-13-14/h2-7,9H,8H2,1H3,(H,12,15)/t9-/m1/s1. The van der Waals surface area contributed by atoms with Gasteiger partial charge in [-0.25, -0.2) is 4.79 Å². The molecule has 0 aliphatic carbocycles. The van der Waals surface area contributed by atoms with Gasteiger partial charge in [0.1, 0.15) is 11.8 Å². The van der Waals surface area contributed by atoms with Crippen LogP contribution in [0.5, 0.6) is 0 Å². The highest BCUT2D eigenvalue weighted by Crippen LogP contribution is 2.16. The maximum atomic E-state index is 11.1. The molecule has 1 amide bonds. The summed E-state index contributed by atoms with van der Waals surface area (Å²) < 4.78 is 11.6. The van der Waals surface area contributed by atoms with Crippen molar-refractivity contribution in [1.82, 2.24) is 15.1 Å². The number of hydrogen-bond donors (Lipinski definition) is 1. The number of methoxy groups -OCH3 is 1. The molecule has 0 unspecified atom stereocenters. The molecule has 0 saturated heterocycles. The van der Waals surface area contributed by atoms with Crippen molar-refractivity contribution >= 4 is 6.09 Å². The summed E-state index contributed by atoms with van der Waals surface area (Å²) in [7, 11) is 1.32. The molecule has 0 radical (unpaired) electrons. The molecule has 1 atom stereocenters. The number of ether oxygens (including phenoxy) is 1. The highest BCUT2D eigenvalue weighted by Gasteiger charge is 2.17. The van der Waals surface area contributed by atoms with Crippen LogP contribution >= 0.6 is 0 Å². The van der Waals surface area contributed by atoms with Crippen LogP contribution in [0.15, 0.2) is 41.3 Å². The van der Waals surface area contributed by atoms with Gasteiger partial charge in [-0.3, -0.25) is 4.68 Å². The van der Waals surface area contributed by atoms with Crippen LogP contribution in [0.4, 0.5) is 4.79 Å². The van der Waals surface area contributed by atoms with Gasteiger partial charge < -0.3 is 14.5 Å². The Morgan fingerprint density at radius 1 is 1.65 bits per heavy atom. The zero-order chi connectivity index (χ0) is 12.1. The third-order valence-corrected chi connectivity index (χ3v) is 2.34. The number of nitrogens with zero attached hydrogens (tertiary/aromatic N) is 2. The first-order valence-corrected chi connectivity index (χ1v) is 5.15. The molecule has 0 spiro atoms. The average Bonchev–Trinajstić information content (AvgIpc) is 3.01. The molecule has 2 aromatic rings. The fraction of sp³-hybridized carbons (Fsp3) is 0.273. The molecule has 2 aromatic heterocycles. The van der Waals surface area contributed by atoms with Crippen LogP contribution in [0.3, 0.4) is 0 Å². The van der Waals surface area contributed by atoms with E-state index in [0.29, 0.717) is 6.54 Å². The average molecular weight is 235 g/mol. The van der Waals surface area contributed by atoms with Gasteiger partial charge in [-0.15, -0.1) is 0 Å². The number of rotatable bonds is 4. The largest absolute Gasteiger partial charge is 0.467 e. The molecule has 2 heterocycles. The Labute approximate surface area is 98.2 Å². The van der Waals surface area contributed by atoms with Crippen molar-refractivity contribution in [3.63, 3.8) is 0 Å². The number of hydrogen-bond acceptors (Lipinski definition) is 4. The number of furan rings is 1. The SMILES string of the molecule is COC(=O)NC[C@H](c1ccco1)n1cccn1. The zero-order valence-electron chi connectivity index (χ0n) is 9.37. The van der Waals surface area contributed by atoms with Crippen molar-refractivity contribution in [2.75, 3.05) is 13.7 Å². The van der Waals surface area contributed by atoms with Gasteiger partial charge in [-0.2, -0.15) is 5.10 Å². The molecule has 17 heavy (non-hydrogen) atoms. The maximum Gasteiger partial charge on any atom is 0.406 e. The van der Waals surface area contributed by atoms with Gasteiger partial charge >= 0.3 is 6.09 Å². The number of alkyl carbamates (subject to hydrolysis) is 1. The van der Waals surface area contributed by atoms with E-state index in [2.05, 4.69) is 15.2 Å². The smallest absolute Gasteiger partial charge is 0.406 e. The predicted octanol–water partition coefficient (Wildman–Crippen LogP) is 1.42. The topological polar surface area (TPSA) is 69.3 Å². The van der Waals surface area contributed by atoms with Crippen molar-refractivity contribution in [3.05, 3.63) is 42.6 Å². The van der Waals surface area contributed by atoms with E-state index in [1.165, 1.54) is 7.11 Å². The van der Waals surface area contributed by atoms with E-state index in [0.717, 1.165) is 5.76 Å². The van der Waals surface area contributed by atoms with E-state index in [9.17, 15) is 4.79 Å². The second-order valence-electron chi connectivity index (χ2n) is 3.39. The summed E-state index contributed by atoms with van der Waals surface area (Å²) >= 11 is 0. The van der Waals surface area contributed by atoms with Crippen LogP contribution in [0.25, 0.3) is 0 Å². The molecule has 0 saturated carbocycles. The van der Waals surface area contributed by atoms with Crippen LogP contribution < -0.4 is 5.32 Å². The quantitative estimate of drug-likeness (QED) is 0.870. The molecule has 6 nitrogen and oxygen atoms in total. The van der Waals surface area contributed by atoms with Gasteiger partial charge in [-0.05, 0) is 18.2 Å². The number of aromatic nitrogens is 2. The molecule has 1 N–H and O–H groups in total. The first kappa shape index (κ1) is 11.3. The molecule has 0 aliphatic heterocycles. The summed E-state index contributed by atoms with van der Waals surface area (Å²) in [5.74, 6) is 0.727. The summed E-state index contributed by atoms with van der Waals surface area (Å²) in [6, 6.07) is 5.27. The lowest BCUT2D eigenvalue weighted by atomic mass is 10.2. The van der Waals surface area contributed by atoms with E-state index >= 15 is 0 Å². The van der Waals surface area contributed by atoms with Gasteiger partial charge in [0.2, 0.25) is 0 Å². The van der Waals surface area contributed by atoms with Crippen molar-refractivity contribution in [2.45, 2.75) is 6.04 Å². The van der Waals surface area contributed by atoms with Crippen LogP contribution in [-0.2, 0) is 4.74 Å². The molecule has 0 aliphatic rings. The molecular weight excluding hydrogens is 222 g/mol. The Hall–Kier alpha value is -2.24. The van der Waals surface area contributed by atoms with E-state index in [1.807, 2.05) is 18.3 Å². The molecule has 2 rings (SSSR count). The lowest BCUT2D eigenvalue weighted by molar-refractivity contribution is 0.169. The Bertz CT molecular complexity index is 416. The second kappa shape index (κ2) is 5.20. The summed E-state index contributed by atoms with van der Waals surface area (Å²) in [4.78, 5) is 11.1. The van der Waals surface area contributed by atoms with E-state index in [4.69, 9.17) is 4.42 Å². The van der Waals surface area contributed by atoms with Gasteiger partial charge in [0.05, 0.1) is 19.9 Å². The minimum absolute atomic E-state index is 0.181. The zero-order valence-corrected chi connectivity index (χ0v) is 9.37. The first-order chi connectivity index (χ1) is 8.31. The Morgan fingerprint density at radius 3 is 3.12 bits per heavy atom. The summed E-state index contributed by atoms with van der Waals surface area (Å²) in [5, 5.41) is 6.77. The third-order valence-electron chi connectivity index (χ3n) is 2.34. The first-order valence-electron chi connectivity index (χ1n) is 5.15. The molecule has 0 fully saturated rings. The van der Waals surface area contributed by atoms with E-state index in [-0.39, 0.29) is 6.04 Å². The van der Waals surface area contributed by atoms with Crippen LogP contribution in [0.2, 0.25) is 0 Å².